The van der Waals surface area contributed by atoms with Crippen LogP contribution in [-0.4, -0.2) is 79.2 Å². The van der Waals surface area contributed by atoms with Crippen LogP contribution in [0.2, 0.25) is 0 Å². The molecule has 0 saturated carbocycles. The van der Waals surface area contributed by atoms with Crippen molar-refractivity contribution in [3.63, 3.8) is 0 Å². The summed E-state index contributed by atoms with van der Waals surface area (Å²) in [6.07, 6.45) is -0.290. The van der Waals surface area contributed by atoms with Gasteiger partial charge in [-0.15, -0.1) is 24.0 Å². The van der Waals surface area contributed by atoms with Crippen molar-refractivity contribution in [3.8, 4) is 5.75 Å². The van der Waals surface area contributed by atoms with E-state index in [-0.39, 0.29) is 48.6 Å². The standard InChI is InChI=1S/C21H31N5O4.HI/c1-21(2,3)30-20(28)25-9-10-26-16(14-25)12-23-19(26)24-13-18(27)22-11-15-5-7-17(29-4)8-6-15;/h5-8,16H,9-14H2,1-4H3,(H,22,27)(H,23,24);1H. The van der Waals surface area contributed by atoms with Gasteiger partial charge in [0.1, 0.15) is 11.4 Å². The number of amides is 2. The van der Waals surface area contributed by atoms with E-state index in [9.17, 15) is 9.59 Å². The van der Waals surface area contributed by atoms with Gasteiger partial charge in [-0.25, -0.2) is 4.79 Å². The second-order valence-electron chi connectivity index (χ2n) is 8.42. The first kappa shape index (κ1) is 25.0. The first-order valence-corrected chi connectivity index (χ1v) is 10.2. The Kier molecular flexibility index (Phi) is 8.78. The molecular formula is C21H32IN5O4. The molecule has 3 rings (SSSR count). The van der Waals surface area contributed by atoms with Crippen LogP contribution in [0, 0.1) is 0 Å². The SMILES string of the molecule is COc1ccc(CNC(=O)CNC2=NCC3CN(C(=O)OC(C)(C)C)CCN23)cc1.I. The van der Waals surface area contributed by atoms with E-state index in [2.05, 4.69) is 20.5 Å². The van der Waals surface area contributed by atoms with Gasteiger partial charge in [-0.2, -0.15) is 0 Å². The number of guanidine groups is 1. The molecular weight excluding hydrogens is 513 g/mol. The lowest BCUT2D eigenvalue weighted by atomic mass is 10.2. The zero-order valence-corrected chi connectivity index (χ0v) is 20.8. The fourth-order valence-corrected chi connectivity index (χ4v) is 3.39. The van der Waals surface area contributed by atoms with Crippen molar-refractivity contribution in [2.24, 2.45) is 4.99 Å². The topological polar surface area (TPSA) is 95.5 Å². The van der Waals surface area contributed by atoms with Gasteiger partial charge in [0, 0.05) is 26.2 Å². The molecule has 0 spiro atoms. The minimum absolute atomic E-state index is 0. The number of fused-ring (bicyclic) bond motifs is 1. The zero-order valence-electron chi connectivity index (χ0n) is 18.5. The second-order valence-corrected chi connectivity index (χ2v) is 8.42. The van der Waals surface area contributed by atoms with Gasteiger partial charge < -0.3 is 29.9 Å². The van der Waals surface area contributed by atoms with E-state index >= 15 is 0 Å². The number of halogens is 1. The number of rotatable bonds is 5. The molecule has 2 amide bonds. The lowest BCUT2D eigenvalue weighted by molar-refractivity contribution is -0.120. The molecule has 1 saturated heterocycles. The molecule has 1 aromatic carbocycles. The fourth-order valence-electron chi connectivity index (χ4n) is 3.39. The Morgan fingerprint density at radius 1 is 1.19 bits per heavy atom. The van der Waals surface area contributed by atoms with Crippen LogP contribution in [0.3, 0.4) is 0 Å². The summed E-state index contributed by atoms with van der Waals surface area (Å²) in [6.45, 7) is 8.56. The van der Waals surface area contributed by atoms with Crippen molar-refractivity contribution < 1.29 is 19.1 Å². The molecule has 0 aromatic heterocycles. The van der Waals surface area contributed by atoms with Crippen LogP contribution in [0.4, 0.5) is 4.79 Å². The lowest BCUT2D eigenvalue weighted by Gasteiger charge is -2.39. The minimum atomic E-state index is -0.508. The smallest absolute Gasteiger partial charge is 0.410 e. The van der Waals surface area contributed by atoms with Crippen LogP contribution < -0.4 is 15.4 Å². The van der Waals surface area contributed by atoms with Gasteiger partial charge in [-0.3, -0.25) is 9.79 Å². The summed E-state index contributed by atoms with van der Waals surface area (Å²) in [5.74, 6) is 1.39. The summed E-state index contributed by atoms with van der Waals surface area (Å²) in [7, 11) is 1.62. The number of nitrogens with zero attached hydrogens (tertiary/aromatic N) is 3. The average molecular weight is 545 g/mol. The number of aliphatic imine (C=N–C) groups is 1. The quantitative estimate of drug-likeness (QED) is 0.549. The third-order valence-electron chi connectivity index (χ3n) is 4.91. The monoisotopic (exact) mass is 545 g/mol. The highest BCUT2D eigenvalue weighted by Crippen LogP contribution is 2.18. The second kappa shape index (κ2) is 10.9. The molecule has 10 heteroatoms. The zero-order chi connectivity index (χ0) is 21.7. The Balaban J connectivity index is 0.00000341. The molecule has 0 bridgehead atoms. The molecule has 1 atom stereocenters. The number of nitrogens with one attached hydrogen (secondary N) is 2. The molecule has 31 heavy (non-hydrogen) atoms. The predicted molar refractivity (Wildman–Crippen MR) is 129 cm³/mol. The number of hydrogen-bond donors (Lipinski definition) is 2. The Bertz CT molecular complexity index is 794. The summed E-state index contributed by atoms with van der Waals surface area (Å²) in [5.41, 5.74) is 0.493. The van der Waals surface area contributed by atoms with Crippen molar-refractivity contribution in [1.29, 1.82) is 0 Å². The summed E-state index contributed by atoms with van der Waals surface area (Å²) in [5, 5.41) is 6.02. The number of benzene rings is 1. The van der Waals surface area contributed by atoms with E-state index in [0.29, 0.717) is 38.7 Å². The van der Waals surface area contributed by atoms with E-state index in [1.807, 2.05) is 45.0 Å². The molecule has 1 fully saturated rings. The lowest BCUT2D eigenvalue weighted by Crippen LogP contribution is -2.58. The Morgan fingerprint density at radius 3 is 2.55 bits per heavy atom. The van der Waals surface area contributed by atoms with Crippen LogP contribution in [0.5, 0.6) is 5.75 Å². The molecule has 9 nitrogen and oxygen atoms in total. The number of carbonyl (C=O) groups is 2. The molecule has 0 aliphatic carbocycles. The third-order valence-corrected chi connectivity index (χ3v) is 4.91. The van der Waals surface area contributed by atoms with Crippen molar-refractivity contribution >= 4 is 41.9 Å². The van der Waals surface area contributed by atoms with Gasteiger partial charge >= 0.3 is 6.09 Å². The largest absolute Gasteiger partial charge is 0.497 e. The molecule has 0 radical (unpaired) electrons. The Labute approximate surface area is 200 Å². The highest BCUT2D eigenvalue weighted by Gasteiger charge is 2.36. The Morgan fingerprint density at radius 2 is 1.90 bits per heavy atom. The van der Waals surface area contributed by atoms with E-state index in [0.717, 1.165) is 11.3 Å². The van der Waals surface area contributed by atoms with Gasteiger partial charge in [0.05, 0.1) is 26.2 Å². The maximum absolute atomic E-state index is 12.3. The fraction of sp³-hybridized carbons (Fsp3) is 0.571. The van der Waals surface area contributed by atoms with Crippen molar-refractivity contribution in [2.75, 3.05) is 39.8 Å². The molecule has 2 heterocycles. The highest BCUT2D eigenvalue weighted by molar-refractivity contribution is 14.0. The number of piperazine rings is 1. The molecule has 2 aliphatic rings. The van der Waals surface area contributed by atoms with E-state index in [1.165, 1.54) is 0 Å². The van der Waals surface area contributed by atoms with Crippen LogP contribution >= 0.6 is 24.0 Å². The van der Waals surface area contributed by atoms with Gasteiger partial charge in [0.2, 0.25) is 5.91 Å². The average Bonchev–Trinajstić information content (AvgIpc) is 3.12. The predicted octanol–water partition coefficient (Wildman–Crippen LogP) is 1.81. The maximum Gasteiger partial charge on any atom is 0.410 e. The molecule has 1 aromatic rings. The van der Waals surface area contributed by atoms with Gasteiger partial charge in [0.25, 0.3) is 0 Å². The van der Waals surface area contributed by atoms with Gasteiger partial charge in [-0.05, 0) is 38.5 Å². The summed E-state index contributed by atoms with van der Waals surface area (Å²) < 4.78 is 10.6. The van der Waals surface area contributed by atoms with E-state index < -0.39 is 5.60 Å². The molecule has 2 N–H and O–H groups in total. The van der Waals surface area contributed by atoms with Crippen molar-refractivity contribution in [1.82, 2.24) is 20.4 Å². The third kappa shape index (κ3) is 7.15. The summed E-state index contributed by atoms with van der Waals surface area (Å²) in [4.78, 5) is 32.9. The highest BCUT2D eigenvalue weighted by atomic mass is 127. The van der Waals surface area contributed by atoms with Gasteiger partial charge in [0.15, 0.2) is 5.96 Å². The van der Waals surface area contributed by atoms with Crippen molar-refractivity contribution in [2.45, 2.75) is 39.0 Å². The van der Waals surface area contributed by atoms with E-state index in [1.54, 1.807) is 12.0 Å². The summed E-state index contributed by atoms with van der Waals surface area (Å²) >= 11 is 0. The molecule has 1 unspecified atom stereocenters. The maximum atomic E-state index is 12.3. The van der Waals surface area contributed by atoms with Crippen LogP contribution in [0.1, 0.15) is 26.3 Å². The molecule has 172 valence electrons. The van der Waals surface area contributed by atoms with Crippen LogP contribution in [0.15, 0.2) is 29.3 Å². The molecule has 2 aliphatic heterocycles. The minimum Gasteiger partial charge on any atom is -0.497 e. The van der Waals surface area contributed by atoms with E-state index in [4.69, 9.17) is 9.47 Å². The first-order valence-electron chi connectivity index (χ1n) is 10.2. The summed E-state index contributed by atoms with van der Waals surface area (Å²) in [6, 6.07) is 7.68. The number of hydrogen-bond acceptors (Lipinski definition) is 7. The van der Waals surface area contributed by atoms with Crippen LogP contribution in [-0.2, 0) is 16.1 Å². The first-order chi connectivity index (χ1) is 14.2. The number of ether oxygens (including phenoxy) is 2. The normalized spacial score (nSPS) is 17.8. The van der Waals surface area contributed by atoms with Crippen molar-refractivity contribution in [3.05, 3.63) is 29.8 Å². The number of methoxy groups -OCH3 is 1. The number of carbonyl (C=O) groups excluding carboxylic acids is 2. The Hall–Kier alpha value is -2.24. The van der Waals surface area contributed by atoms with Gasteiger partial charge in [-0.1, -0.05) is 12.1 Å². The van der Waals surface area contributed by atoms with Crippen LogP contribution in [0.25, 0.3) is 0 Å².